The largest absolute Gasteiger partial charge is 0.289 e. The Balaban J connectivity index is 2.47. The van der Waals surface area contributed by atoms with Gasteiger partial charge in [-0.25, -0.2) is 0 Å². The lowest BCUT2D eigenvalue weighted by Crippen LogP contribution is -2.02. The van der Waals surface area contributed by atoms with Crippen LogP contribution in [0, 0.1) is 0 Å². The molecular weight excluding hydrogens is 358 g/mol. The van der Waals surface area contributed by atoms with Crippen molar-refractivity contribution in [1.82, 2.24) is 0 Å². The molecule has 0 saturated carbocycles. The Kier molecular flexibility index (Phi) is 4.33. The highest BCUT2D eigenvalue weighted by atomic mass is 79.9. The lowest BCUT2D eigenvalue weighted by Gasteiger charge is -2.05. The molecule has 0 saturated heterocycles. The quantitative estimate of drug-likeness (QED) is 0.630. The van der Waals surface area contributed by atoms with Crippen molar-refractivity contribution in [3.8, 4) is 0 Å². The average molecular weight is 364 g/mol. The number of carbonyl (C=O) groups is 1. The van der Waals surface area contributed by atoms with Crippen molar-refractivity contribution >= 4 is 56.5 Å². The van der Waals surface area contributed by atoms with Crippen LogP contribution in [0.5, 0.6) is 0 Å². The maximum Gasteiger partial charge on any atom is 0.194 e. The summed E-state index contributed by atoms with van der Waals surface area (Å²) in [5.41, 5.74) is 0.952. The molecule has 0 unspecified atom stereocenters. The van der Waals surface area contributed by atoms with Crippen molar-refractivity contribution in [1.29, 1.82) is 0 Å². The zero-order valence-corrected chi connectivity index (χ0v) is 12.7. The standard InChI is InChI=1S/C13H6BrCl3O/c14-10-3-2-8(15)6-9(10)13(18)7-1-4-11(16)12(17)5-7/h1-6H. The minimum absolute atomic E-state index is 0.164. The predicted molar refractivity (Wildman–Crippen MR) is 79.0 cm³/mol. The molecule has 0 atom stereocenters. The summed E-state index contributed by atoms with van der Waals surface area (Å²) in [5.74, 6) is -0.164. The van der Waals surface area contributed by atoms with Gasteiger partial charge < -0.3 is 0 Å². The van der Waals surface area contributed by atoms with E-state index in [2.05, 4.69) is 15.9 Å². The number of rotatable bonds is 2. The summed E-state index contributed by atoms with van der Waals surface area (Å²) in [5, 5.41) is 1.26. The Bertz CT molecular complexity index is 626. The summed E-state index contributed by atoms with van der Waals surface area (Å²) in [6.45, 7) is 0. The van der Waals surface area contributed by atoms with Crippen LogP contribution in [0.1, 0.15) is 15.9 Å². The molecule has 0 aliphatic rings. The number of benzene rings is 2. The van der Waals surface area contributed by atoms with Crippen LogP contribution in [0.2, 0.25) is 15.1 Å². The smallest absolute Gasteiger partial charge is 0.194 e. The van der Waals surface area contributed by atoms with Gasteiger partial charge in [0.15, 0.2) is 5.78 Å². The Morgan fingerprint density at radius 3 is 2.33 bits per heavy atom. The van der Waals surface area contributed by atoms with E-state index in [-0.39, 0.29) is 5.78 Å². The molecule has 0 heterocycles. The highest BCUT2D eigenvalue weighted by Crippen LogP contribution is 2.27. The summed E-state index contributed by atoms with van der Waals surface area (Å²) >= 11 is 20.9. The van der Waals surface area contributed by atoms with Crippen LogP contribution in [0.3, 0.4) is 0 Å². The molecular formula is C13H6BrCl3O. The maximum atomic E-state index is 12.3. The van der Waals surface area contributed by atoms with Gasteiger partial charge in [-0.1, -0.05) is 50.7 Å². The van der Waals surface area contributed by atoms with Crippen LogP contribution in [0.25, 0.3) is 0 Å². The summed E-state index contributed by atoms with van der Waals surface area (Å²) < 4.78 is 0.683. The molecule has 0 aliphatic carbocycles. The van der Waals surface area contributed by atoms with Gasteiger partial charge in [0.05, 0.1) is 10.0 Å². The zero-order chi connectivity index (χ0) is 13.3. The second-order valence-corrected chi connectivity index (χ2v) is 5.69. The van der Waals surface area contributed by atoms with Crippen molar-refractivity contribution in [2.75, 3.05) is 0 Å². The molecule has 0 N–H and O–H groups in total. The van der Waals surface area contributed by atoms with Gasteiger partial charge in [0, 0.05) is 20.6 Å². The second kappa shape index (κ2) is 5.62. The van der Waals surface area contributed by atoms with Crippen molar-refractivity contribution in [3.05, 3.63) is 67.1 Å². The van der Waals surface area contributed by atoms with Gasteiger partial charge >= 0.3 is 0 Å². The number of ketones is 1. The van der Waals surface area contributed by atoms with E-state index in [0.717, 1.165) is 0 Å². The van der Waals surface area contributed by atoms with E-state index < -0.39 is 0 Å². The van der Waals surface area contributed by atoms with Gasteiger partial charge in [-0.2, -0.15) is 0 Å². The third-order valence-corrected chi connectivity index (χ3v) is 4.02. The lowest BCUT2D eigenvalue weighted by atomic mass is 10.0. The Labute approximate surface area is 128 Å². The molecule has 0 aliphatic heterocycles. The molecule has 1 nitrogen and oxygen atoms in total. The fraction of sp³-hybridized carbons (Fsp3) is 0. The minimum Gasteiger partial charge on any atom is -0.289 e. The fourth-order valence-corrected chi connectivity index (χ4v) is 2.36. The summed E-state index contributed by atoms with van der Waals surface area (Å²) in [4.78, 5) is 12.3. The zero-order valence-electron chi connectivity index (χ0n) is 8.88. The molecule has 0 bridgehead atoms. The van der Waals surface area contributed by atoms with Gasteiger partial charge in [-0.15, -0.1) is 0 Å². The summed E-state index contributed by atoms with van der Waals surface area (Å²) in [6.07, 6.45) is 0. The van der Waals surface area contributed by atoms with E-state index in [1.807, 2.05) is 0 Å². The summed E-state index contributed by atoms with van der Waals surface area (Å²) in [7, 11) is 0. The summed E-state index contributed by atoms with van der Waals surface area (Å²) in [6, 6.07) is 9.81. The van der Waals surface area contributed by atoms with Crippen LogP contribution in [-0.4, -0.2) is 5.78 Å². The molecule has 2 rings (SSSR count). The van der Waals surface area contributed by atoms with Crippen molar-refractivity contribution in [2.45, 2.75) is 0 Å². The first-order valence-electron chi connectivity index (χ1n) is 4.94. The van der Waals surface area contributed by atoms with Gasteiger partial charge in [0.2, 0.25) is 0 Å². The van der Waals surface area contributed by atoms with E-state index in [1.165, 1.54) is 0 Å². The van der Waals surface area contributed by atoms with Gasteiger partial charge in [-0.05, 0) is 36.4 Å². The number of hydrogen-bond acceptors (Lipinski definition) is 1. The lowest BCUT2D eigenvalue weighted by molar-refractivity contribution is 0.103. The first kappa shape index (κ1) is 13.9. The molecule has 18 heavy (non-hydrogen) atoms. The molecule has 2 aromatic rings. The van der Waals surface area contributed by atoms with Crippen LogP contribution in [-0.2, 0) is 0 Å². The molecule has 5 heteroatoms. The monoisotopic (exact) mass is 362 g/mol. The normalized spacial score (nSPS) is 10.4. The van der Waals surface area contributed by atoms with Crippen LogP contribution < -0.4 is 0 Å². The van der Waals surface area contributed by atoms with Gasteiger partial charge in [0.25, 0.3) is 0 Å². The first-order chi connectivity index (χ1) is 8.49. The van der Waals surface area contributed by atoms with Crippen LogP contribution >= 0.6 is 50.7 Å². The highest BCUT2D eigenvalue weighted by Gasteiger charge is 2.14. The molecule has 0 fully saturated rings. The molecule has 0 amide bonds. The number of halogens is 4. The van der Waals surface area contributed by atoms with E-state index in [0.29, 0.717) is 30.7 Å². The topological polar surface area (TPSA) is 17.1 Å². The van der Waals surface area contributed by atoms with Crippen molar-refractivity contribution in [2.24, 2.45) is 0 Å². The molecule has 92 valence electrons. The van der Waals surface area contributed by atoms with E-state index in [4.69, 9.17) is 34.8 Å². The Hall–Kier alpha value is -0.540. The number of carbonyl (C=O) groups excluding carboxylic acids is 1. The van der Waals surface area contributed by atoms with E-state index in [1.54, 1.807) is 36.4 Å². The molecule has 0 aromatic heterocycles. The highest BCUT2D eigenvalue weighted by molar-refractivity contribution is 9.10. The van der Waals surface area contributed by atoms with Gasteiger partial charge in [0.1, 0.15) is 0 Å². The molecule has 0 radical (unpaired) electrons. The fourth-order valence-electron chi connectivity index (χ4n) is 1.46. The molecule has 2 aromatic carbocycles. The molecule has 0 spiro atoms. The van der Waals surface area contributed by atoms with Crippen LogP contribution in [0.4, 0.5) is 0 Å². The van der Waals surface area contributed by atoms with Crippen molar-refractivity contribution < 1.29 is 4.79 Å². The third-order valence-electron chi connectivity index (χ3n) is 2.35. The predicted octanol–water partition coefficient (Wildman–Crippen LogP) is 5.64. The Morgan fingerprint density at radius 2 is 1.67 bits per heavy atom. The SMILES string of the molecule is O=C(c1ccc(Cl)c(Cl)c1)c1cc(Cl)ccc1Br. The minimum atomic E-state index is -0.164. The number of hydrogen-bond donors (Lipinski definition) is 0. The second-order valence-electron chi connectivity index (χ2n) is 3.58. The van der Waals surface area contributed by atoms with E-state index >= 15 is 0 Å². The van der Waals surface area contributed by atoms with Crippen LogP contribution in [0.15, 0.2) is 40.9 Å². The Morgan fingerprint density at radius 1 is 0.944 bits per heavy atom. The average Bonchev–Trinajstić information content (AvgIpc) is 2.35. The van der Waals surface area contributed by atoms with Gasteiger partial charge in [-0.3, -0.25) is 4.79 Å². The third kappa shape index (κ3) is 2.89. The first-order valence-corrected chi connectivity index (χ1v) is 6.86. The van der Waals surface area contributed by atoms with E-state index in [9.17, 15) is 4.79 Å². The maximum absolute atomic E-state index is 12.3. The van der Waals surface area contributed by atoms with Crippen molar-refractivity contribution in [3.63, 3.8) is 0 Å².